The molecule has 0 unspecified atom stereocenters. The first-order valence-electron chi connectivity index (χ1n) is 11.3. The van der Waals surface area contributed by atoms with E-state index in [2.05, 4.69) is 5.32 Å². The molecule has 0 aromatic heterocycles. The molecule has 3 aromatic rings. The highest BCUT2D eigenvalue weighted by Gasteiger charge is 2.27. The number of nitrogens with zero attached hydrogens (tertiary/aromatic N) is 1. The molecule has 0 saturated carbocycles. The summed E-state index contributed by atoms with van der Waals surface area (Å²) < 4.78 is 24.7. The fraction of sp³-hybridized carbons (Fsp3) is 0.222. The zero-order valence-corrected chi connectivity index (χ0v) is 19.3. The predicted molar refractivity (Wildman–Crippen MR) is 128 cm³/mol. The number of anilines is 1. The summed E-state index contributed by atoms with van der Waals surface area (Å²) >= 11 is 0. The van der Waals surface area contributed by atoms with Gasteiger partial charge in [0.2, 0.25) is 0 Å². The normalized spacial score (nSPS) is 12.6. The molecule has 0 spiro atoms. The van der Waals surface area contributed by atoms with Gasteiger partial charge in [0, 0.05) is 35.5 Å². The van der Waals surface area contributed by atoms with Gasteiger partial charge in [0.05, 0.1) is 12.2 Å². The molecular formula is C27H25FN2O5. The molecule has 3 aromatic carbocycles. The molecule has 1 heterocycles. The van der Waals surface area contributed by atoms with Gasteiger partial charge in [-0.1, -0.05) is 24.3 Å². The van der Waals surface area contributed by atoms with Crippen molar-refractivity contribution in [1.29, 1.82) is 0 Å². The van der Waals surface area contributed by atoms with Gasteiger partial charge in [0.25, 0.3) is 11.8 Å². The van der Waals surface area contributed by atoms with Crippen LogP contribution < -0.4 is 10.1 Å². The Hall–Kier alpha value is -4.20. The van der Waals surface area contributed by atoms with Gasteiger partial charge < -0.3 is 19.7 Å². The molecule has 7 nitrogen and oxygen atoms in total. The van der Waals surface area contributed by atoms with Gasteiger partial charge in [-0.2, -0.15) is 0 Å². The lowest BCUT2D eigenvalue weighted by molar-refractivity contribution is -0.118. The number of esters is 1. The summed E-state index contributed by atoms with van der Waals surface area (Å²) in [5, 5.41) is 2.71. The Bertz CT molecular complexity index is 1240. The van der Waals surface area contributed by atoms with Crippen molar-refractivity contribution in [1.82, 2.24) is 4.90 Å². The molecule has 0 atom stereocenters. The van der Waals surface area contributed by atoms with Gasteiger partial charge in [-0.3, -0.25) is 9.59 Å². The van der Waals surface area contributed by atoms with Crippen LogP contribution >= 0.6 is 0 Å². The smallest absolute Gasteiger partial charge is 0.338 e. The largest absolute Gasteiger partial charge is 0.483 e. The molecular weight excluding hydrogens is 451 g/mol. The van der Waals surface area contributed by atoms with E-state index < -0.39 is 5.97 Å². The van der Waals surface area contributed by atoms with Crippen molar-refractivity contribution < 1.29 is 28.2 Å². The van der Waals surface area contributed by atoms with Crippen LogP contribution in [0.25, 0.3) is 0 Å². The van der Waals surface area contributed by atoms with Crippen LogP contribution in [0.2, 0.25) is 0 Å². The molecule has 1 aliphatic rings. The number of carbonyl (C=O) groups excluding carboxylic acids is 3. The van der Waals surface area contributed by atoms with Crippen LogP contribution in [0.1, 0.15) is 38.8 Å². The number of fused-ring (bicyclic) bond motifs is 1. The molecule has 0 bridgehead atoms. The van der Waals surface area contributed by atoms with Crippen LogP contribution in [0.15, 0.2) is 66.7 Å². The van der Waals surface area contributed by atoms with E-state index in [0.29, 0.717) is 41.1 Å². The van der Waals surface area contributed by atoms with Crippen molar-refractivity contribution >= 4 is 23.5 Å². The monoisotopic (exact) mass is 476 g/mol. The Labute approximate surface area is 202 Å². The van der Waals surface area contributed by atoms with Crippen molar-refractivity contribution in [3.63, 3.8) is 0 Å². The first-order chi connectivity index (χ1) is 17.0. The van der Waals surface area contributed by atoms with Gasteiger partial charge in [-0.05, 0) is 55.8 Å². The number of nitrogens with one attached hydrogen (secondary N) is 1. The number of halogens is 1. The zero-order valence-electron chi connectivity index (χ0n) is 19.3. The molecule has 0 aliphatic carbocycles. The van der Waals surface area contributed by atoms with E-state index >= 15 is 0 Å². The Morgan fingerprint density at radius 2 is 1.80 bits per heavy atom. The first-order valence-corrected chi connectivity index (χ1v) is 11.3. The van der Waals surface area contributed by atoms with E-state index in [0.717, 1.165) is 5.56 Å². The Morgan fingerprint density at radius 1 is 1.03 bits per heavy atom. The minimum Gasteiger partial charge on any atom is -0.483 e. The van der Waals surface area contributed by atoms with E-state index in [1.54, 1.807) is 72.5 Å². The van der Waals surface area contributed by atoms with Crippen LogP contribution in [0.3, 0.4) is 0 Å². The van der Waals surface area contributed by atoms with Crippen molar-refractivity contribution in [2.45, 2.75) is 19.9 Å². The van der Waals surface area contributed by atoms with Crippen molar-refractivity contribution in [3.8, 4) is 5.75 Å². The second-order valence-electron chi connectivity index (χ2n) is 7.99. The lowest BCUT2D eigenvalue weighted by Gasteiger charge is -2.29. The average molecular weight is 477 g/mol. The molecule has 1 aliphatic heterocycles. The van der Waals surface area contributed by atoms with Crippen LogP contribution in [-0.2, 0) is 22.5 Å². The number of hydrogen-bond acceptors (Lipinski definition) is 5. The third-order valence-corrected chi connectivity index (χ3v) is 5.64. The highest BCUT2D eigenvalue weighted by molar-refractivity contribution is 5.97. The van der Waals surface area contributed by atoms with Gasteiger partial charge in [0.1, 0.15) is 11.6 Å². The molecule has 180 valence electrons. The van der Waals surface area contributed by atoms with Crippen molar-refractivity contribution in [3.05, 3.63) is 94.8 Å². The summed E-state index contributed by atoms with van der Waals surface area (Å²) in [4.78, 5) is 38.7. The second kappa shape index (κ2) is 10.8. The third kappa shape index (κ3) is 5.66. The maximum atomic E-state index is 14.0. The lowest BCUT2D eigenvalue weighted by atomic mass is 9.97. The summed E-state index contributed by atoms with van der Waals surface area (Å²) in [5.41, 5.74) is 2.59. The van der Waals surface area contributed by atoms with E-state index in [1.165, 1.54) is 6.07 Å². The number of hydrogen-bond donors (Lipinski definition) is 1. The van der Waals surface area contributed by atoms with Crippen LogP contribution in [0, 0.1) is 5.82 Å². The van der Waals surface area contributed by atoms with Crippen LogP contribution in [0.5, 0.6) is 5.75 Å². The standard InChI is InChI=1S/C27H25FN2O5/c1-2-34-27(33)18-10-12-20(13-11-18)29-25(31)17-35-24-9-5-7-22-21(24)14-15-30(26(22)32)16-19-6-3-4-8-23(19)28/h3-13H,2,14-17H2,1H3,(H,29,31). The molecule has 2 amide bonds. The minimum absolute atomic E-state index is 0.188. The van der Waals surface area contributed by atoms with Crippen molar-refractivity contribution in [2.24, 2.45) is 0 Å². The summed E-state index contributed by atoms with van der Waals surface area (Å²) in [6.45, 7) is 2.37. The van der Waals surface area contributed by atoms with E-state index in [9.17, 15) is 18.8 Å². The van der Waals surface area contributed by atoms with Gasteiger partial charge in [-0.25, -0.2) is 9.18 Å². The van der Waals surface area contributed by atoms with Gasteiger partial charge in [0.15, 0.2) is 6.61 Å². The molecule has 8 heteroatoms. The molecule has 35 heavy (non-hydrogen) atoms. The Morgan fingerprint density at radius 3 is 2.54 bits per heavy atom. The fourth-order valence-corrected chi connectivity index (χ4v) is 3.91. The number of ether oxygens (including phenoxy) is 2. The van der Waals surface area contributed by atoms with E-state index in [1.807, 2.05) is 0 Å². The maximum absolute atomic E-state index is 14.0. The quantitative estimate of drug-likeness (QED) is 0.492. The number of carbonyl (C=O) groups is 3. The maximum Gasteiger partial charge on any atom is 0.338 e. The van der Waals surface area contributed by atoms with Gasteiger partial charge >= 0.3 is 5.97 Å². The van der Waals surface area contributed by atoms with Crippen LogP contribution in [0.4, 0.5) is 10.1 Å². The Kier molecular flexibility index (Phi) is 7.40. The SMILES string of the molecule is CCOC(=O)c1ccc(NC(=O)COc2cccc3c2CCN(Cc2ccccc2F)C3=O)cc1. The highest BCUT2D eigenvalue weighted by atomic mass is 19.1. The van der Waals surface area contributed by atoms with Crippen LogP contribution in [-0.4, -0.2) is 42.4 Å². The Balaban J connectivity index is 1.37. The highest BCUT2D eigenvalue weighted by Crippen LogP contribution is 2.29. The molecule has 0 radical (unpaired) electrons. The summed E-state index contributed by atoms with van der Waals surface area (Å²) in [5.74, 6) is -0.885. The molecule has 0 saturated heterocycles. The summed E-state index contributed by atoms with van der Waals surface area (Å²) in [6.07, 6.45) is 0.530. The molecule has 4 rings (SSSR count). The van der Waals surface area contributed by atoms with E-state index in [-0.39, 0.29) is 37.4 Å². The topological polar surface area (TPSA) is 84.9 Å². The lowest BCUT2D eigenvalue weighted by Crippen LogP contribution is -2.37. The zero-order chi connectivity index (χ0) is 24.8. The third-order valence-electron chi connectivity index (χ3n) is 5.64. The van der Waals surface area contributed by atoms with E-state index in [4.69, 9.17) is 9.47 Å². The number of rotatable bonds is 8. The predicted octanol–water partition coefficient (Wildman–Crippen LogP) is 4.22. The molecule has 1 N–H and O–H groups in total. The minimum atomic E-state index is -0.426. The van der Waals surface area contributed by atoms with Gasteiger partial charge in [-0.15, -0.1) is 0 Å². The van der Waals surface area contributed by atoms with Crippen molar-refractivity contribution in [2.75, 3.05) is 25.1 Å². The average Bonchev–Trinajstić information content (AvgIpc) is 2.86. The number of benzene rings is 3. The first kappa shape index (κ1) is 23.9. The number of amides is 2. The fourth-order valence-electron chi connectivity index (χ4n) is 3.91. The second-order valence-corrected chi connectivity index (χ2v) is 7.99. The summed E-state index contributed by atoms with van der Waals surface area (Å²) in [6, 6.07) is 17.9. The molecule has 0 fully saturated rings. The summed E-state index contributed by atoms with van der Waals surface area (Å²) in [7, 11) is 0.